The largest absolute Gasteiger partial charge is 0.490 e. The number of ether oxygens (including phenoxy) is 2. The van der Waals surface area contributed by atoms with E-state index >= 15 is 0 Å². The smallest absolute Gasteiger partial charge is 0.243 e. The molecule has 0 saturated carbocycles. The molecular weight excluding hydrogens is 472 g/mol. The van der Waals surface area contributed by atoms with Crippen LogP contribution >= 0.6 is 15.9 Å². The highest BCUT2D eigenvalue weighted by atomic mass is 79.9. The Balaban J connectivity index is 2.06. The first kappa shape index (κ1) is 24.2. The minimum Gasteiger partial charge on any atom is -0.490 e. The molecule has 1 amide bonds. The average Bonchev–Trinajstić information content (AvgIpc) is 2.69. The number of hydrogen-bond donors (Lipinski definition) is 1. The number of rotatable bonds is 10. The maximum Gasteiger partial charge on any atom is 0.243 e. The lowest BCUT2D eigenvalue weighted by atomic mass is 10.1. The fraction of sp³-hybridized carbons (Fsp3) is 0.381. The summed E-state index contributed by atoms with van der Waals surface area (Å²) in [6.45, 7) is 6.32. The van der Waals surface area contributed by atoms with Gasteiger partial charge in [-0.15, -0.1) is 0 Å². The predicted octanol–water partition coefficient (Wildman–Crippen LogP) is 3.74. The summed E-state index contributed by atoms with van der Waals surface area (Å²) in [7, 11) is -2.38. The molecule has 1 unspecified atom stereocenters. The van der Waals surface area contributed by atoms with Gasteiger partial charge in [0, 0.05) is 11.5 Å². The van der Waals surface area contributed by atoms with Gasteiger partial charge in [-0.05, 0) is 62.7 Å². The van der Waals surface area contributed by atoms with Gasteiger partial charge in [0.1, 0.15) is 0 Å². The molecule has 164 valence electrons. The second-order valence-corrected chi connectivity index (χ2v) is 9.54. The van der Waals surface area contributed by atoms with Crippen molar-refractivity contribution in [2.24, 2.45) is 0 Å². The molecule has 1 N–H and O–H groups in total. The number of nitrogens with zero attached hydrogens (tertiary/aromatic N) is 1. The molecule has 0 radical (unpaired) electrons. The van der Waals surface area contributed by atoms with Crippen molar-refractivity contribution in [3.05, 3.63) is 52.5 Å². The summed E-state index contributed by atoms with van der Waals surface area (Å²) in [4.78, 5) is 12.6. The van der Waals surface area contributed by atoms with Crippen molar-refractivity contribution in [1.29, 1.82) is 0 Å². The zero-order valence-corrected chi connectivity index (χ0v) is 19.9. The molecule has 7 nitrogen and oxygen atoms in total. The number of carbonyl (C=O) groups excluding carboxylic acids is 1. The molecule has 0 aliphatic carbocycles. The van der Waals surface area contributed by atoms with Gasteiger partial charge in [-0.25, -0.2) is 8.42 Å². The minimum atomic E-state index is -3.76. The van der Waals surface area contributed by atoms with E-state index in [1.807, 2.05) is 32.9 Å². The molecule has 0 spiro atoms. The van der Waals surface area contributed by atoms with E-state index in [0.717, 1.165) is 14.3 Å². The summed E-state index contributed by atoms with van der Waals surface area (Å²) in [5.41, 5.74) is 0.827. The molecule has 0 fully saturated rings. The molecule has 2 aromatic rings. The van der Waals surface area contributed by atoms with Crippen LogP contribution in [0.3, 0.4) is 0 Å². The molecule has 9 heteroatoms. The van der Waals surface area contributed by atoms with Crippen molar-refractivity contribution in [2.45, 2.75) is 31.7 Å². The van der Waals surface area contributed by atoms with E-state index in [9.17, 15) is 13.2 Å². The molecule has 0 aromatic heterocycles. The standard InChI is InChI=1S/C21H27BrN2O5S/c1-5-28-19-12-7-16(13-20(19)29-6-2)15(3)23-21(25)14-24(4)30(26,27)18-10-8-17(22)9-11-18/h7-13,15H,5-6,14H2,1-4H3,(H,23,25). The summed E-state index contributed by atoms with van der Waals surface area (Å²) in [6, 6.07) is 11.4. The molecule has 0 saturated heterocycles. The van der Waals surface area contributed by atoms with Crippen LogP contribution in [-0.4, -0.2) is 45.4 Å². The molecule has 0 aliphatic heterocycles. The predicted molar refractivity (Wildman–Crippen MR) is 119 cm³/mol. The van der Waals surface area contributed by atoms with Crippen LogP contribution < -0.4 is 14.8 Å². The molecule has 0 heterocycles. The lowest BCUT2D eigenvalue weighted by Crippen LogP contribution is -2.39. The Hall–Kier alpha value is -2.10. The monoisotopic (exact) mass is 498 g/mol. The topological polar surface area (TPSA) is 84.9 Å². The first-order valence-corrected chi connectivity index (χ1v) is 11.8. The minimum absolute atomic E-state index is 0.127. The van der Waals surface area contributed by atoms with E-state index in [4.69, 9.17) is 9.47 Å². The molecule has 0 aliphatic rings. The lowest BCUT2D eigenvalue weighted by Gasteiger charge is -2.20. The normalized spacial score (nSPS) is 12.5. The average molecular weight is 499 g/mol. The maximum atomic E-state index is 12.7. The summed E-state index contributed by atoms with van der Waals surface area (Å²) < 4.78 is 38.3. The van der Waals surface area contributed by atoms with E-state index < -0.39 is 15.9 Å². The van der Waals surface area contributed by atoms with E-state index in [0.29, 0.717) is 24.7 Å². The highest BCUT2D eigenvalue weighted by Gasteiger charge is 2.23. The first-order chi connectivity index (χ1) is 14.2. The Bertz CT molecular complexity index is 964. The number of hydrogen-bond acceptors (Lipinski definition) is 5. The third kappa shape index (κ3) is 6.20. The molecule has 2 rings (SSSR count). The van der Waals surface area contributed by atoms with E-state index in [1.54, 1.807) is 18.2 Å². The van der Waals surface area contributed by atoms with Crippen molar-refractivity contribution >= 4 is 31.9 Å². The van der Waals surface area contributed by atoms with Crippen molar-refractivity contribution in [1.82, 2.24) is 9.62 Å². The summed E-state index contributed by atoms with van der Waals surface area (Å²) >= 11 is 3.28. The maximum absolute atomic E-state index is 12.7. The van der Waals surface area contributed by atoms with Gasteiger partial charge in [0.15, 0.2) is 11.5 Å². The van der Waals surface area contributed by atoms with Gasteiger partial charge in [0.25, 0.3) is 0 Å². The lowest BCUT2D eigenvalue weighted by molar-refractivity contribution is -0.121. The number of carbonyl (C=O) groups is 1. The van der Waals surface area contributed by atoms with Crippen LogP contribution in [-0.2, 0) is 14.8 Å². The number of benzene rings is 2. The van der Waals surface area contributed by atoms with Crippen LogP contribution in [0.25, 0.3) is 0 Å². The van der Waals surface area contributed by atoms with Crippen LogP contribution in [0.2, 0.25) is 0 Å². The fourth-order valence-electron chi connectivity index (χ4n) is 2.78. The van der Waals surface area contributed by atoms with Crippen LogP contribution in [0.4, 0.5) is 0 Å². The molecule has 30 heavy (non-hydrogen) atoms. The van der Waals surface area contributed by atoms with E-state index in [1.165, 1.54) is 19.2 Å². The quantitative estimate of drug-likeness (QED) is 0.539. The van der Waals surface area contributed by atoms with Gasteiger partial charge in [-0.1, -0.05) is 22.0 Å². The third-order valence-electron chi connectivity index (χ3n) is 4.33. The van der Waals surface area contributed by atoms with Crippen molar-refractivity contribution in [3.63, 3.8) is 0 Å². The molecular formula is C21H27BrN2O5S. The van der Waals surface area contributed by atoms with Gasteiger partial charge >= 0.3 is 0 Å². The zero-order valence-electron chi connectivity index (χ0n) is 17.5. The number of likely N-dealkylation sites (N-methyl/N-ethyl adjacent to an activating group) is 1. The Morgan fingerprint density at radius 3 is 2.27 bits per heavy atom. The van der Waals surface area contributed by atoms with Gasteiger partial charge in [-0.3, -0.25) is 4.79 Å². The van der Waals surface area contributed by atoms with E-state index in [2.05, 4.69) is 21.2 Å². The van der Waals surface area contributed by atoms with Gasteiger partial charge in [0.05, 0.1) is 30.7 Å². The third-order valence-corrected chi connectivity index (χ3v) is 6.68. The summed E-state index contributed by atoms with van der Waals surface area (Å²) in [5, 5.41) is 2.83. The number of sulfonamides is 1. The van der Waals surface area contributed by atoms with Gasteiger partial charge in [-0.2, -0.15) is 4.31 Å². The highest BCUT2D eigenvalue weighted by Crippen LogP contribution is 2.30. The van der Waals surface area contributed by atoms with Crippen LogP contribution in [0, 0.1) is 0 Å². The Labute approximate surface area is 186 Å². The van der Waals surface area contributed by atoms with Gasteiger partial charge < -0.3 is 14.8 Å². The van der Waals surface area contributed by atoms with Crippen molar-refractivity contribution < 1.29 is 22.7 Å². The highest BCUT2D eigenvalue weighted by molar-refractivity contribution is 9.10. The molecule has 1 atom stereocenters. The van der Waals surface area contributed by atoms with Crippen LogP contribution in [0.5, 0.6) is 11.5 Å². The first-order valence-electron chi connectivity index (χ1n) is 9.59. The van der Waals surface area contributed by atoms with Crippen LogP contribution in [0.1, 0.15) is 32.4 Å². The summed E-state index contributed by atoms with van der Waals surface area (Å²) in [6.07, 6.45) is 0. The second kappa shape index (κ2) is 10.8. The summed E-state index contributed by atoms with van der Waals surface area (Å²) in [5.74, 6) is 0.840. The molecule has 0 bridgehead atoms. The fourth-order valence-corrected chi connectivity index (χ4v) is 4.17. The second-order valence-electron chi connectivity index (χ2n) is 6.58. The molecule has 2 aromatic carbocycles. The zero-order chi connectivity index (χ0) is 22.3. The number of amides is 1. The van der Waals surface area contributed by atoms with Crippen molar-refractivity contribution in [3.8, 4) is 11.5 Å². The van der Waals surface area contributed by atoms with Gasteiger partial charge in [0.2, 0.25) is 15.9 Å². The SMILES string of the molecule is CCOc1ccc(C(C)NC(=O)CN(C)S(=O)(=O)c2ccc(Br)cc2)cc1OCC. The Kier molecular flexibility index (Phi) is 8.69. The number of nitrogens with one attached hydrogen (secondary N) is 1. The Morgan fingerprint density at radius 2 is 1.67 bits per heavy atom. The van der Waals surface area contributed by atoms with Crippen LogP contribution in [0.15, 0.2) is 51.8 Å². The van der Waals surface area contributed by atoms with Crippen molar-refractivity contribution in [2.75, 3.05) is 26.8 Å². The number of halogens is 1. The Morgan fingerprint density at radius 1 is 1.07 bits per heavy atom. The van der Waals surface area contributed by atoms with E-state index in [-0.39, 0.29) is 17.5 Å².